The number of hydrogen-bond donors (Lipinski definition) is 1. The fraction of sp³-hybridized carbons (Fsp3) is 0.0500. The Morgan fingerprint density at radius 1 is 1.04 bits per heavy atom. The van der Waals surface area contributed by atoms with E-state index in [1.165, 1.54) is 0 Å². The van der Waals surface area contributed by atoms with Crippen molar-refractivity contribution in [3.05, 3.63) is 88.4 Å². The van der Waals surface area contributed by atoms with E-state index in [0.717, 1.165) is 16.5 Å². The van der Waals surface area contributed by atoms with Gasteiger partial charge in [-0.2, -0.15) is 0 Å². The molecule has 0 bridgehead atoms. The zero-order valence-electron chi connectivity index (χ0n) is 13.2. The standard InChI is InChI=1S/C20H14N2O3/c23-19(16-11-13-5-1-4-8-18(13)25-20(16)24)22-12-14-9-10-21-17-7-3-2-6-15(14)17/h1-11H,12H2,(H,22,23). The van der Waals surface area contributed by atoms with Crippen LogP contribution in [0.1, 0.15) is 15.9 Å². The largest absolute Gasteiger partial charge is 0.422 e. The number of nitrogens with one attached hydrogen (secondary N) is 1. The summed E-state index contributed by atoms with van der Waals surface area (Å²) >= 11 is 0. The number of carbonyl (C=O) groups excluding carboxylic acids is 1. The van der Waals surface area contributed by atoms with Crippen molar-refractivity contribution in [2.75, 3.05) is 0 Å². The number of amides is 1. The van der Waals surface area contributed by atoms with E-state index >= 15 is 0 Å². The third kappa shape index (κ3) is 2.87. The molecule has 0 aliphatic heterocycles. The molecule has 1 N–H and O–H groups in total. The summed E-state index contributed by atoms with van der Waals surface area (Å²) in [7, 11) is 0. The summed E-state index contributed by atoms with van der Waals surface area (Å²) in [6.07, 6.45) is 1.70. The third-order valence-corrected chi connectivity index (χ3v) is 4.06. The molecule has 2 aromatic heterocycles. The zero-order chi connectivity index (χ0) is 17.2. The molecule has 0 atom stereocenters. The van der Waals surface area contributed by atoms with Gasteiger partial charge in [0.05, 0.1) is 5.52 Å². The van der Waals surface area contributed by atoms with Gasteiger partial charge in [0, 0.05) is 23.5 Å². The Hall–Kier alpha value is -3.47. The van der Waals surface area contributed by atoms with E-state index in [9.17, 15) is 9.59 Å². The van der Waals surface area contributed by atoms with Gasteiger partial charge in [-0.1, -0.05) is 36.4 Å². The number of nitrogens with zero attached hydrogens (tertiary/aromatic N) is 1. The van der Waals surface area contributed by atoms with Crippen molar-refractivity contribution in [1.82, 2.24) is 10.3 Å². The lowest BCUT2D eigenvalue weighted by atomic mass is 10.1. The normalized spacial score (nSPS) is 10.9. The molecular formula is C20H14N2O3. The van der Waals surface area contributed by atoms with Gasteiger partial charge >= 0.3 is 5.63 Å². The van der Waals surface area contributed by atoms with Gasteiger partial charge in [-0.05, 0) is 29.8 Å². The highest BCUT2D eigenvalue weighted by Gasteiger charge is 2.13. The molecule has 0 spiro atoms. The van der Waals surface area contributed by atoms with Crippen LogP contribution in [-0.2, 0) is 6.54 Å². The smallest absolute Gasteiger partial charge is 0.349 e. The van der Waals surface area contributed by atoms with E-state index in [2.05, 4.69) is 10.3 Å². The van der Waals surface area contributed by atoms with Crippen LogP contribution in [-0.4, -0.2) is 10.9 Å². The molecule has 0 unspecified atom stereocenters. The van der Waals surface area contributed by atoms with Crippen molar-refractivity contribution < 1.29 is 9.21 Å². The average Bonchev–Trinajstić information content (AvgIpc) is 2.65. The fourth-order valence-electron chi connectivity index (χ4n) is 2.80. The first-order valence-electron chi connectivity index (χ1n) is 7.86. The molecule has 122 valence electrons. The van der Waals surface area contributed by atoms with E-state index in [1.807, 2.05) is 36.4 Å². The van der Waals surface area contributed by atoms with Gasteiger partial charge in [-0.25, -0.2) is 4.79 Å². The summed E-state index contributed by atoms with van der Waals surface area (Å²) in [6, 6.07) is 18.2. The van der Waals surface area contributed by atoms with Crippen LogP contribution in [0.2, 0.25) is 0 Å². The Morgan fingerprint density at radius 3 is 2.76 bits per heavy atom. The average molecular weight is 330 g/mol. The first-order valence-corrected chi connectivity index (χ1v) is 7.86. The molecular weight excluding hydrogens is 316 g/mol. The van der Waals surface area contributed by atoms with Gasteiger partial charge in [0.1, 0.15) is 11.1 Å². The molecule has 25 heavy (non-hydrogen) atoms. The predicted molar refractivity (Wildman–Crippen MR) is 95.4 cm³/mol. The highest BCUT2D eigenvalue weighted by molar-refractivity contribution is 5.96. The van der Waals surface area contributed by atoms with Crippen molar-refractivity contribution in [3.63, 3.8) is 0 Å². The first kappa shape index (κ1) is 15.1. The summed E-state index contributed by atoms with van der Waals surface area (Å²) in [5.74, 6) is -0.458. The van der Waals surface area contributed by atoms with Crippen LogP contribution < -0.4 is 10.9 Å². The fourth-order valence-corrected chi connectivity index (χ4v) is 2.80. The number of para-hydroxylation sites is 2. The van der Waals surface area contributed by atoms with Gasteiger partial charge in [-0.3, -0.25) is 9.78 Å². The highest BCUT2D eigenvalue weighted by atomic mass is 16.4. The Bertz CT molecular complexity index is 1140. The number of fused-ring (bicyclic) bond motifs is 2. The second-order valence-corrected chi connectivity index (χ2v) is 5.66. The van der Waals surface area contributed by atoms with E-state index in [4.69, 9.17) is 4.42 Å². The van der Waals surface area contributed by atoms with Crippen LogP contribution in [0.4, 0.5) is 0 Å². The predicted octanol–water partition coefficient (Wildman–Crippen LogP) is 3.27. The summed E-state index contributed by atoms with van der Waals surface area (Å²) in [5.41, 5.74) is 1.61. The summed E-state index contributed by atoms with van der Waals surface area (Å²) < 4.78 is 5.21. The van der Waals surface area contributed by atoms with Crippen molar-refractivity contribution in [2.45, 2.75) is 6.54 Å². The third-order valence-electron chi connectivity index (χ3n) is 4.06. The molecule has 0 aliphatic rings. The van der Waals surface area contributed by atoms with E-state index in [1.54, 1.807) is 30.5 Å². The van der Waals surface area contributed by atoms with Crippen LogP contribution in [0.25, 0.3) is 21.9 Å². The Morgan fingerprint density at radius 2 is 1.84 bits per heavy atom. The second kappa shape index (κ2) is 6.20. The second-order valence-electron chi connectivity index (χ2n) is 5.66. The SMILES string of the molecule is O=C(NCc1ccnc2ccccc12)c1cc2ccccc2oc1=O. The number of rotatable bonds is 3. The molecule has 0 saturated carbocycles. The zero-order valence-corrected chi connectivity index (χ0v) is 13.2. The van der Waals surface area contributed by atoms with Gasteiger partial charge in [0.15, 0.2) is 0 Å². The first-order chi connectivity index (χ1) is 12.2. The summed E-state index contributed by atoms with van der Waals surface area (Å²) in [5, 5.41) is 4.46. The van der Waals surface area contributed by atoms with Gasteiger partial charge in [0.2, 0.25) is 0 Å². The quantitative estimate of drug-likeness (QED) is 0.585. The van der Waals surface area contributed by atoms with Crippen molar-refractivity contribution >= 4 is 27.8 Å². The van der Waals surface area contributed by atoms with Crippen LogP contribution in [0.3, 0.4) is 0 Å². The van der Waals surface area contributed by atoms with Crippen LogP contribution in [0.15, 0.2) is 76.1 Å². The van der Waals surface area contributed by atoms with Crippen LogP contribution >= 0.6 is 0 Å². The highest BCUT2D eigenvalue weighted by Crippen LogP contribution is 2.16. The number of aromatic nitrogens is 1. The van der Waals surface area contributed by atoms with Crippen molar-refractivity contribution in [3.8, 4) is 0 Å². The number of pyridine rings is 1. The maximum Gasteiger partial charge on any atom is 0.349 e. The lowest BCUT2D eigenvalue weighted by Crippen LogP contribution is -2.27. The van der Waals surface area contributed by atoms with E-state index in [-0.39, 0.29) is 5.56 Å². The topological polar surface area (TPSA) is 72.2 Å². The van der Waals surface area contributed by atoms with Gasteiger partial charge in [0.25, 0.3) is 5.91 Å². The van der Waals surface area contributed by atoms with Crippen molar-refractivity contribution in [1.29, 1.82) is 0 Å². The molecule has 5 nitrogen and oxygen atoms in total. The summed E-state index contributed by atoms with van der Waals surface area (Å²) in [6.45, 7) is 0.300. The Kier molecular flexibility index (Phi) is 3.74. The Balaban J connectivity index is 1.62. The number of hydrogen-bond acceptors (Lipinski definition) is 4. The molecule has 2 aromatic carbocycles. The molecule has 0 saturated heterocycles. The molecule has 0 radical (unpaired) electrons. The maximum atomic E-state index is 12.4. The van der Waals surface area contributed by atoms with Crippen LogP contribution in [0.5, 0.6) is 0 Å². The molecule has 0 aliphatic carbocycles. The minimum absolute atomic E-state index is 0.00272. The molecule has 4 rings (SSSR count). The Labute approximate surface area is 142 Å². The van der Waals surface area contributed by atoms with E-state index in [0.29, 0.717) is 17.5 Å². The van der Waals surface area contributed by atoms with Gasteiger partial charge in [-0.15, -0.1) is 0 Å². The lowest BCUT2D eigenvalue weighted by molar-refractivity contribution is 0.0947. The minimum atomic E-state index is -0.643. The number of benzene rings is 2. The molecule has 1 amide bonds. The number of carbonyl (C=O) groups is 1. The lowest BCUT2D eigenvalue weighted by Gasteiger charge is -2.08. The van der Waals surface area contributed by atoms with Crippen LogP contribution in [0, 0.1) is 0 Å². The monoisotopic (exact) mass is 330 g/mol. The molecule has 2 heterocycles. The van der Waals surface area contributed by atoms with E-state index < -0.39 is 11.5 Å². The molecule has 0 fully saturated rings. The maximum absolute atomic E-state index is 12.4. The molecule has 4 aromatic rings. The molecule has 5 heteroatoms. The minimum Gasteiger partial charge on any atom is -0.422 e. The summed E-state index contributed by atoms with van der Waals surface area (Å²) in [4.78, 5) is 28.8. The van der Waals surface area contributed by atoms with Gasteiger partial charge < -0.3 is 9.73 Å². The van der Waals surface area contributed by atoms with Crippen molar-refractivity contribution in [2.24, 2.45) is 0 Å².